The van der Waals surface area contributed by atoms with Crippen LogP contribution in [0.4, 0.5) is 20.3 Å². The minimum atomic E-state index is -2.52. The van der Waals surface area contributed by atoms with Crippen molar-refractivity contribution in [3.05, 3.63) is 17.8 Å². The molecule has 0 bridgehead atoms. The molecule has 3 N–H and O–H groups in total. The highest BCUT2D eigenvalue weighted by molar-refractivity contribution is 5.90. The Balaban J connectivity index is 2.33. The molecule has 0 aliphatic heterocycles. The van der Waals surface area contributed by atoms with Crippen molar-refractivity contribution in [3.63, 3.8) is 0 Å². The highest BCUT2D eigenvalue weighted by Gasteiger charge is 2.06. The van der Waals surface area contributed by atoms with Crippen LogP contribution in [0.1, 0.15) is 12.0 Å². The normalized spacial score (nSPS) is 10.7. The van der Waals surface area contributed by atoms with E-state index in [2.05, 4.69) is 15.0 Å². The van der Waals surface area contributed by atoms with Gasteiger partial charge in [-0.2, -0.15) is 0 Å². The number of nitrogens with one attached hydrogen (secondary N) is 1. The number of pyridine rings is 1. The van der Waals surface area contributed by atoms with Gasteiger partial charge in [0, 0.05) is 0 Å². The summed E-state index contributed by atoms with van der Waals surface area (Å²) in [4.78, 5) is 15.3. The number of rotatable bonds is 6. The Hall–Kier alpha value is -1.76. The van der Waals surface area contributed by atoms with Crippen LogP contribution in [0.2, 0.25) is 0 Å². The lowest BCUT2D eigenvalue weighted by Crippen LogP contribution is -2.16. The van der Waals surface area contributed by atoms with Crippen molar-refractivity contribution in [2.45, 2.75) is 19.8 Å². The number of hydrogen-bond donors (Lipinski definition) is 2. The Bertz CT molecular complexity index is 413. The van der Waals surface area contributed by atoms with Gasteiger partial charge in [0.2, 0.25) is 5.91 Å². The van der Waals surface area contributed by atoms with Crippen molar-refractivity contribution >= 4 is 17.4 Å². The molecule has 0 saturated carbocycles. The van der Waals surface area contributed by atoms with Gasteiger partial charge in [-0.05, 0) is 18.6 Å². The molecule has 0 aromatic carbocycles. The molecule has 1 aromatic rings. The summed E-state index contributed by atoms with van der Waals surface area (Å²) in [5, 5.41) is 2.52. The predicted octanol–water partition coefficient (Wildman–Crippen LogP) is 1.58. The number of ether oxygens (including phenoxy) is 1. The molecular formula is C11H15F2N3O2. The van der Waals surface area contributed by atoms with Gasteiger partial charge >= 0.3 is 0 Å². The second kappa shape index (κ2) is 6.85. The molecule has 0 aliphatic rings. The van der Waals surface area contributed by atoms with Gasteiger partial charge < -0.3 is 15.8 Å². The lowest BCUT2D eigenvalue weighted by Gasteiger charge is -2.07. The number of anilines is 2. The SMILES string of the molecule is Cc1cc(NC(=O)CCOCC(F)F)ncc1N. The van der Waals surface area contributed by atoms with Gasteiger partial charge in [0.15, 0.2) is 0 Å². The number of nitrogen functional groups attached to an aromatic ring is 1. The smallest absolute Gasteiger partial charge is 0.261 e. The van der Waals surface area contributed by atoms with E-state index in [0.717, 1.165) is 5.56 Å². The van der Waals surface area contributed by atoms with Gasteiger partial charge in [-0.25, -0.2) is 13.8 Å². The highest BCUT2D eigenvalue weighted by Crippen LogP contribution is 2.13. The zero-order chi connectivity index (χ0) is 13.5. The fourth-order valence-electron chi connectivity index (χ4n) is 1.18. The summed E-state index contributed by atoms with van der Waals surface area (Å²) < 4.78 is 28.1. The second-order valence-corrected chi connectivity index (χ2v) is 3.69. The van der Waals surface area contributed by atoms with Gasteiger partial charge in [0.25, 0.3) is 6.43 Å². The fraction of sp³-hybridized carbons (Fsp3) is 0.455. The number of carbonyl (C=O) groups is 1. The Morgan fingerprint density at radius 1 is 1.61 bits per heavy atom. The summed E-state index contributed by atoms with van der Waals surface area (Å²) in [5.74, 6) is 0.0292. The molecule has 0 fully saturated rings. The Kier molecular flexibility index (Phi) is 5.44. The molecule has 1 heterocycles. The molecule has 7 heteroatoms. The largest absolute Gasteiger partial charge is 0.397 e. The van der Waals surface area contributed by atoms with Crippen molar-refractivity contribution in [1.82, 2.24) is 4.98 Å². The van der Waals surface area contributed by atoms with Crippen molar-refractivity contribution < 1.29 is 18.3 Å². The van der Waals surface area contributed by atoms with E-state index in [-0.39, 0.29) is 18.9 Å². The Morgan fingerprint density at radius 3 is 2.94 bits per heavy atom. The van der Waals surface area contributed by atoms with Crippen LogP contribution in [0.3, 0.4) is 0 Å². The summed E-state index contributed by atoms with van der Waals surface area (Å²) >= 11 is 0. The lowest BCUT2D eigenvalue weighted by molar-refractivity contribution is -0.117. The number of carbonyl (C=O) groups excluding carboxylic acids is 1. The molecule has 1 amide bonds. The Labute approximate surface area is 103 Å². The summed E-state index contributed by atoms with van der Waals surface area (Å²) in [7, 11) is 0. The average Bonchev–Trinajstić information content (AvgIpc) is 2.29. The average molecular weight is 259 g/mol. The third-order valence-corrected chi connectivity index (χ3v) is 2.14. The van der Waals surface area contributed by atoms with Crippen LogP contribution in [-0.4, -0.2) is 30.5 Å². The number of nitrogens with two attached hydrogens (primary N) is 1. The van der Waals surface area contributed by atoms with Crippen molar-refractivity contribution in [2.75, 3.05) is 24.3 Å². The van der Waals surface area contributed by atoms with Crippen molar-refractivity contribution in [1.29, 1.82) is 0 Å². The zero-order valence-electron chi connectivity index (χ0n) is 9.95. The first-order chi connectivity index (χ1) is 8.49. The van der Waals surface area contributed by atoms with Crippen LogP contribution < -0.4 is 11.1 Å². The van der Waals surface area contributed by atoms with Gasteiger partial charge in [0.05, 0.1) is 24.9 Å². The number of halogens is 2. The molecule has 5 nitrogen and oxygen atoms in total. The number of hydrogen-bond acceptors (Lipinski definition) is 4. The molecule has 1 aromatic heterocycles. The maximum absolute atomic E-state index is 11.7. The highest BCUT2D eigenvalue weighted by atomic mass is 19.3. The molecule has 100 valence electrons. The van der Waals surface area contributed by atoms with Crippen LogP contribution in [-0.2, 0) is 9.53 Å². The van der Waals surface area contributed by atoms with Gasteiger partial charge in [-0.1, -0.05) is 0 Å². The lowest BCUT2D eigenvalue weighted by atomic mass is 10.2. The van der Waals surface area contributed by atoms with E-state index in [1.807, 2.05) is 0 Å². The van der Waals surface area contributed by atoms with Gasteiger partial charge in [-0.15, -0.1) is 0 Å². The molecule has 0 spiro atoms. The molecule has 1 rings (SSSR count). The summed E-state index contributed by atoms with van der Waals surface area (Å²) in [6.45, 7) is 1.08. The third-order valence-electron chi connectivity index (χ3n) is 2.14. The van der Waals surface area contributed by atoms with Crippen LogP contribution >= 0.6 is 0 Å². The first kappa shape index (κ1) is 14.3. The van der Waals surface area contributed by atoms with E-state index >= 15 is 0 Å². The molecule has 18 heavy (non-hydrogen) atoms. The molecule has 0 unspecified atom stereocenters. The topological polar surface area (TPSA) is 77.2 Å². The van der Waals surface area contributed by atoms with Crippen LogP contribution in [0.15, 0.2) is 12.3 Å². The molecule has 0 radical (unpaired) electrons. The van der Waals surface area contributed by atoms with E-state index in [1.54, 1.807) is 13.0 Å². The Morgan fingerprint density at radius 2 is 2.33 bits per heavy atom. The summed E-state index contributed by atoms with van der Waals surface area (Å²) in [6.07, 6.45) is -1.08. The predicted molar refractivity (Wildman–Crippen MR) is 63.5 cm³/mol. The number of nitrogens with zero attached hydrogens (tertiary/aromatic N) is 1. The second-order valence-electron chi connectivity index (χ2n) is 3.69. The molecular weight excluding hydrogens is 244 g/mol. The molecule has 0 aliphatic carbocycles. The maximum atomic E-state index is 11.7. The number of aryl methyl sites for hydroxylation is 1. The van der Waals surface area contributed by atoms with E-state index < -0.39 is 13.0 Å². The van der Waals surface area contributed by atoms with E-state index in [1.165, 1.54) is 6.20 Å². The maximum Gasteiger partial charge on any atom is 0.261 e. The van der Waals surface area contributed by atoms with Gasteiger partial charge in [-0.3, -0.25) is 4.79 Å². The third kappa shape index (κ3) is 5.05. The molecule has 0 atom stereocenters. The van der Waals surface area contributed by atoms with E-state index in [0.29, 0.717) is 11.5 Å². The standard InChI is InChI=1S/C11H15F2N3O2/c1-7-4-10(15-5-8(7)14)16-11(17)2-3-18-6-9(12)13/h4-5,9H,2-3,6,14H2,1H3,(H,15,16,17). The van der Waals surface area contributed by atoms with Crippen molar-refractivity contribution in [3.8, 4) is 0 Å². The van der Waals surface area contributed by atoms with Gasteiger partial charge in [0.1, 0.15) is 12.4 Å². The summed E-state index contributed by atoms with van der Waals surface area (Å²) in [6, 6.07) is 1.63. The van der Waals surface area contributed by atoms with Crippen LogP contribution in [0, 0.1) is 6.92 Å². The van der Waals surface area contributed by atoms with Crippen molar-refractivity contribution in [2.24, 2.45) is 0 Å². The van der Waals surface area contributed by atoms with E-state index in [9.17, 15) is 13.6 Å². The fourth-order valence-corrected chi connectivity index (χ4v) is 1.18. The quantitative estimate of drug-likeness (QED) is 0.760. The first-order valence-corrected chi connectivity index (χ1v) is 5.37. The number of alkyl halides is 2. The number of aromatic nitrogens is 1. The van der Waals surface area contributed by atoms with E-state index in [4.69, 9.17) is 5.73 Å². The minimum absolute atomic E-state index is 0.00216. The van der Waals surface area contributed by atoms with Crippen LogP contribution in [0.25, 0.3) is 0 Å². The van der Waals surface area contributed by atoms with Crippen LogP contribution in [0.5, 0.6) is 0 Å². The molecule has 0 saturated heterocycles. The minimum Gasteiger partial charge on any atom is -0.397 e. The first-order valence-electron chi connectivity index (χ1n) is 5.37. The monoisotopic (exact) mass is 259 g/mol. The number of amides is 1. The summed E-state index contributed by atoms with van der Waals surface area (Å²) in [5.41, 5.74) is 6.92. The zero-order valence-corrected chi connectivity index (χ0v) is 9.95.